The number of carbonyl (C=O) groups is 1. The summed E-state index contributed by atoms with van der Waals surface area (Å²) in [5.41, 5.74) is 5.15. The maximum Gasteiger partial charge on any atom is 0.316 e. The van der Waals surface area contributed by atoms with Gasteiger partial charge in [-0.1, -0.05) is 23.5 Å². The molecule has 3 N–H and O–H groups in total. The molecule has 0 fully saturated rings. The molecule has 0 atom stereocenters. The van der Waals surface area contributed by atoms with E-state index in [0.29, 0.717) is 23.4 Å². The number of nitrogens with one attached hydrogen (secondary N) is 1. The summed E-state index contributed by atoms with van der Waals surface area (Å²) in [5, 5.41) is 8.28. The molecule has 0 amide bonds. The van der Waals surface area contributed by atoms with Crippen LogP contribution in [0.15, 0.2) is 25.7 Å². The fourth-order valence-electron chi connectivity index (χ4n) is 1.33. The maximum absolute atomic E-state index is 11.2. The number of nitrogens with zero attached hydrogens (tertiary/aromatic N) is 3. The summed E-state index contributed by atoms with van der Waals surface area (Å²) in [5.74, 6) is 0.568. The lowest BCUT2D eigenvalue weighted by atomic mass is 10.6. The molecule has 0 aliphatic heterocycles. The molecule has 0 saturated carbocycles. The number of anilines is 1. The van der Waals surface area contributed by atoms with Crippen LogP contribution in [0.2, 0.25) is 0 Å². The summed E-state index contributed by atoms with van der Waals surface area (Å²) < 4.78 is 10.1. The highest BCUT2D eigenvalue weighted by Gasteiger charge is 2.11. The second kappa shape index (κ2) is 7.84. The van der Waals surface area contributed by atoms with Crippen LogP contribution in [0.1, 0.15) is 12.8 Å². The third kappa shape index (κ3) is 5.07. The Hall–Kier alpha value is -2.01. The first-order valence-electron chi connectivity index (χ1n) is 6.17. The van der Waals surface area contributed by atoms with Crippen molar-refractivity contribution in [1.29, 1.82) is 0 Å². The number of aromatic amines is 1. The van der Waals surface area contributed by atoms with E-state index in [9.17, 15) is 9.59 Å². The second-order valence-corrected chi connectivity index (χ2v) is 5.71. The van der Waals surface area contributed by atoms with E-state index in [4.69, 9.17) is 14.9 Å². The molecule has 2 heterocycles. The molecule has 0 saturated heterocycles. The lowest BCUT2D eigenvalue weighted by Crippen LogP contribution is -2.09. The average Bonchev–Trinajstić information content (AvgIpc) is 2.90. The number of rotatable bonds is 7. The summed E-state index contributed by atoms with van der Waals surface area (Å²) >= 11 is 2.30. The maximum atomic E-state index is 11.2. The van der Waals surface area contributed by atoms with Gasteiger partial charge < -0.3 is 19.9 Å². The van der Waals surface area contributed by atoms with Crippen molar-refractivity contribution >= 4 is 35.3 Å². The predicted molar refractivity (Wildman–Crippen MR) is 80.5 cm³/mol. The van der Waals surface area contributed by atoms with Gasteiger partial charge in [-0.3, -0.25) is 9.59 Å². The fraction of sp³-hybridized carbons (Fsp3) is 0.364. The Bertz CT molecular complexity index is 702. The van der Waals surface area contributed by atoms with E-state index in [2.05, 4.69) is 20.2 Å². The first-order chi connectivity index (χ1) is 10.6. The van der Waals surface area contributed by atoms with Gasteiger partial charge in [0.1, 0.15) is 11.6 Å². The summed E-state index contributed by atoms with van der Waals surface area (Å²) in [4.78, 5) is 29.0. The first kappa shape index (κ1) is 16.4. The lowest BCUT2D eigenvalue weighted by molar-refractivity contribution is -0.139. The minimum atomic E-state index is -0.344. The Morgan fingerprint density at radius 2 is 2.27 bits per heavy atom. The topological polar surface area (TPSA) is 137 Å². The molecule has 0 unspecified atom stereocenters. The quantitative estimate of drug-likeness (QED) is 0.419. The minimum Gasteiger partial charge on any atom is -0.465 e. The fourth-order valence-corrected chi connectivity index (χ4v) is 2.63. The van der Waals surface area contributed by atoms with Crippen LogP contribution in [0.25, 0.3) is 0 Å². The van der Waals surface area contributed by atoms with Crippen molar-refractivity contribution in [3.8, 4) is 0 Å². The molecule has 0 aromatic carbocycles. The molecular formula is C11H13N5O4S2. The van der Waals surface area contributed by atoms with E-state index in [0.717, 1.165) is 11.8 Å². The van der Waals surface area contributed by atoms with Gasteiger partial charge in [-0.05, 0) is 6.92 Å². The number of thioether (sulfide) groups is 2. The van der Waals surface area contributed by atoms with Crippen LogP contribution >= 0.6 is 23.5 Å². The molecule has 0 aliphatic rings. The van der Waals surface area contributed by atoms with E-state index in [1.165, 1.54) is 17.8 Å². The molecule has 0 radical (unpaired) electrons. The second-order valence-electron chi connectivity index (χ2n) is 3.82. The van der Waals surface area contributed by atoms with Crippen molar-refractivity contribution in [1.82, 2.24) is 20.2 Å². The number of nitrogens with two attached hydrogens (primary N) is 1. The molecule has 0 spiro atoms. The first-order valence-corrected chi connectivity index (χ1v) is 8.14. The van der Waals surface area contributed by atoms with Gasteiger partial charge in [-0.2, -0.15) is 0 Å². The van der Waals surface area contributed by atoms with Crippen molar-refractivity contribution in [3.05, 3.63) is 22.3 Å². The molecule has 11 heteroatoms. The molecular weight excluding hydrogens is 330 g/mol. The Balaban J connectivity index is 1.86. The minimum absolute atomic E-state index is 0.104. The molecule has 22 heavy (non-hydrogen) atoms. The lowest BCUT2D eigenvalue weighted by Gasteiger charge is -1.99. The monoisotopic (exact) mass is 343 g/mol. The molecule has 0 aliphatic carbocycles. The zero-order chi connectivity index (χ0) is 15.9. The average molecular weight is 343 g/mol. The molecule has 2 aromatic heterocycles. The summed E-state index contributed by atoms with van der Waals surface area (Å²) in [6, 6.07) is 1.20. The van der Waals surface area contributed by atoms with Gasteiger partial charge in [0, 0.05) is 6.07 Å². The normalized spacial score (nSPS) is 10.6. The highest BCUT2D eigenvalue weighted by molar-refractivity contribution is 7.99. The summed E-state index contributed by atoms with van der Waals surface area (Å²) in [6.45, 7) is 2.07. The highest BCUT2D eigenvalue weighted by Crippen LogP contribution is 2.21. The van der Waals surface area contributed by atoms with E-state index < -0.39 is 0 Å². The van der Waals surface area contributed by atoms with Crippen LogP contribution in [0.5, 0.6) is 0 Å². The third-order valence-electron chi connectivity index (χ3n) is 2.14. The van der Waals surface area contributed by atoms with Crippen LogP contribution in [-0.2, 0) is 15.3 Å². The number of hydrogen-bond acceptors (Lipinski definition) is 10. The number of ether oxygens (including phenoxy) is 1. The Morgan fingerprint density at radius 3 is 3.00 bits per heavy atom. The van der Waals surface area contributed by atoms with Gasteiger partial charge in [-0.25, -0.2) is 4.98 Å². The van der Waals surface area contributed by atoms with Gasteiger partial charge in [0.2, 0.25) is 5.89 Å². The number of carbonyl (C=O) groups excluding carboxylic acids is 1. The van der Waals surface area contributed by atoms with E-state index in [-0.39, 0.29) is 28.3 Å². The zero-order valence-corrected chi connectivity index (χ0v) is 13.2. The number of H-pyrrole nitrogens is 1. The van der Waals surface area contributed by atoms with Crippen LogP contribution in [0, 0.1) is 0 Å². The standard InChI is InChI=1S/C11H13N5O4S2/c1-2-19-9(18)5-22-11-16-15-8(20-11)4-21-10-13-6(12)3-7(17)14-10/h3H,2,4-5H2,1H3,(H3,12,13,14,17). The number of hydrogen-bond donors (Lipinski definition) is 2. The van der Waals surface area contributed by atoms with Gasteiger partial charge in [-0.15, -0.1) is 10.2 Å². The molecule has 0 bridgehead atoms. The van der Waals surface area contributed by atoms with E-state index in [1.54, 1.807) is 6.92 Å². The Labute approximate surface area is 133 Å². The SMILES string of the molecule is CCOC(=O)CSc1nnc(CSc2nc(N)cc(=O)[nH]2)o1. The van der Waals surface area contributed by atoms with E-state index >= 15 is 0 Å². The van der Waals surface area contributed by atoms with Gasteiger partial charge >= 0.3 is 5.97 Å². The van der Waals surface area contributed by atoms with Crippen LogP contribution in [-0.4, -0.2) is 38.5 Å². The van der Waals surface area contributed by atoms with Crippen molar-refractivity contribution in [2.45, 2.75) is 23.1 Å². The van der Waals surface area contributed by atoms with Crippen molar-refractivity contribution < 1.29 is 13.9 Å². The number of esters is 1. The van der Waals surface area contributed by atoms with Crippen LogP contribution < -0.4 is 11.3 Å². The van der Waals surface area contributed by atoms with Crippen LogP contribution in [0.4, 0.5) is 5.82 Å². The smallest absolute Gasteiger partial charge is 0.316 e. The largest absolute Gasteiger partial charge is 0.465 e. The van der Waals surface area contributed by atoms with Crippen molar-refractivity contribution in [3.63, 3.8) is 0 Å². The summed E-state index contributed by atoms with van der Waals surface area (Å²) in [7, 11) is 0. The Morgan fingerprint density at radius 1 is 1.45 bits per heavy atom. The van der Waals surface area contributed by atoms with Crippen molar-refractivity contribution in [2.75, 3.05) is 18.1 Å². The van der Waals surface area contributed by atoms with Crippen molar-refractivity contribution in [2.24, 2.45) is 0 Å². The molecule has 2 rings (SSSR count). The third-order valence-corrected chi connectivity index (χ3v) is 3.79. The van der Waals surface area contributed by atoms with Gasteiger partial charge in [0.05, 0.1) is 12.4 Å². The zero-order valence-electron chi connectivity index (χ0n) is 11.6. The Kier molecular flexibility index (Phi) is 5.83. The predicted octanol–water partition coefficient (Wildman–Crippen LogP) is 0.683. The molecule has 9 nitrogen and oxygen atoms in total. The summed E-state index contributed by atoms with van der Waals surface area (Å²) in [6.07, 6.45) is 0. The van der Waals surface area contributed by atoms with Gasteiger partial charge in [0.25, 0.3) is 10.8 Å². The van der Waals surface area contributed by atoms with Crippen LogP contribution in [0.3, 0.4) is 0 Å². The number of aromatic nitrogens is 4. The highest BCUT2D eigenvalue weighted by atomic mass is 32.2. The molecule has 118 valence electrons. The van der Waals surface area contributed by atoms with E-state index in [1.807, 2.05) is 0 Å². The molecule has 2 aromatic rings. The number of nitrogen functional groups attached to an aromatic ring is 1. The van der Waals surface area contributed by atoms with Gasteiger partial charge in [0.15, 0.2) is 5.16 Å².